The van der Waals surface area contributed by atoms with E-state index in [1.54, 1.807) is 0 Å². The van der Waals surface area contributed by atoms with Gasteiger partial charge in [0.1, 0.15) is 0 Å². The van der Waals surface area contributed by atoms with Gasteiger partial charge in [0, 0.05) is 22.4 Å². The highest BCUT2D eigenvalue weighted by molar-refractivity contribution is 8.06. The van der Waals surface area contributed by atoms with Crippen molar-refractivity contribution in [2.75, 3.05) is 17.2 Å². The van der Waals surface area contributed by atoms with Crippen LogP contribution in [0.25, 0.3) is 11.5 Å². The molecule has 112 valence electrons. The molecule has 2 aromatic rings. The second kappa shape index (κ2) is 6.32. The summed E-state index contributed by atoms with van der Waals surface area (Å²) in [5.41, 5.74) is 8.69. The molecule has 1 aliphatic rings. The number of thioether (sulfide) groups is 2. The predicted octanol–water partition coefficient (Wildman–Crippen LogP) is 3.93. The number of para-hydroxylation sites is 1. The highest BCUT2D eigenvalue weighted by atomic mass is 32.2. The largest absolute Gasteiger partial charge is 0.398 e. The SMILES string of the molecule is CCC1SCCSC1c1noc(-c2cccc(C)c2N)n1. The first-order valence-corrected chi connectivity index (χ1v) is 9.22. The van der Waals surface area contributed by atoms with Gasteiger partial charge < -0.3 is 10.3 Å². The Balaban J connectivity index is 1.91. The van der Waals surface area contributed by atoms with Crippen LogP contribution in [0.15, 0.2) is 22.7 Å². The molecule has 0 saturated carbocycles. The maximum atomic E-state index is 6.12. The summed E-state index contributed by atoms with van der Waals surface area (Å²) in [6.45, 7) is 4.20. The van der Waals surface area contributed by atoms with E-state index in [-0.39, 0.29) is 0 Å². The number of aryl methyl sites for hydroxylation is 1. The first-order chi connectivity index (χ1) is 10.2. The van der Waals surface area contributed by atoms with Crippen molar-refractivity contribution >= 4 is 29.2 Å². The lowest BCUT2D eigenvalue weighted by Gasteiger charge is -2.27. The lowest BCUT2D eigenvalue weighted by molar-refractivity contribution is 0.421. The number of nitrogen functional groups attached to an aromatic ring is 1. The third kappa shape index (κ3) is 2.92. The van der Waals surface area contributed by atoms with E-state index < -0.39 is 0 Å². The minimum Gasteiger partial charge on any atom is -0.398 e. The Labute approximate surface area is 133 Å². The van der Waals surface area contributed by atoms with Crippen molar-refractivity contribution in [3.05, 3.63) is 29.6 Å². The Kier molecular flexibility index (Phi) is 4.45. The fourth-order valence-electron chi connectivity index (χ4n) is 2.47. The van der Waals surface area contributed by atoms with Crippen LogP contribution in [0.3, 0.4) is 0 Å². The third-order valence-electron chi connectivity index (χ3n) is 3.70. The minimum absolute atomic E-state index is 0.317. The fraction of sp³-hybridized carbons (Fsp3) is 0.467. The van der Waals surface area contributed by atoms with E-state index in [0.717, 1.165) is 29.1 Å². The summed E-state index contributed by atoms with van der Waals surface area (Å²) in [4.78, 5) is 4.61. The van der Waals surface area contributed by atoms with Gasteiger partial charge in [-0.3, -0.25) is 0 Å². The molecular formula is C15H19N3OS2. The number of anilines is 1. The number of nitrogens with zero attached hydrogens (tertiary/aromatic N) is 2. The first kappa shape index (κ1) is 14.8. The molecule has 1 aromatic carbocycles. The van der Waals surface area contributed by atoms with Crippen molar-refractivity contribution in [1.29, 1.82) is 0 Å². The molecule has 0 amide bonds. The van der Waals surface area contributed by atoms with Crippen LogP contribution in [-0.2, 0) is 0 Å². The quantitative estimate of drug-likeness (QED) is 0.864. The average Bonchev–Trinajstić information content (AvgIpc) is 2.99. The van der Waals surface area contributed by atoms with Crippen LogP contribution in [0, 0.1) is 6.92 Å². The molecule has 0 aliphatic carbocycles. The zero-order valence-corrected chi connectivity index (χ0v) is 13.8. The van der Waals surface area contributed by atoms with Gasteiger partial charge in [0.25, 0.3) is 5.89 Å². The second-order valence-electron chi connectivity index (χ2n) is 5.10. The monoisotopic (exact) mass is 321 g/mol. The lowest BCUT2D eigenvalue weighted by Crippen LogP contribution is -2.19. The normalized spacial score (nSPS) is 22.4. The highest BCUT2D eigenvalue weighted by Crippen LogP contribution is 2.43. The lowest BCUT2D eigenvalue weighted by atomic mass is 10.1. The Hall–Kier alpha value is -1.14. The molecule has 2 N–H and O–H groups in total. The summed E-state index contributed by atoms with van der Waals surface area (Å²) in [6, 6.07) is 5.88. The third-order valence-corrected chi connectivity index (χ3v) is 6.95. The molecule has 0 spiro atoms. The number of hydrogen-bond acceptors (Lipinski definition) is 6. The van der Waals surface area contributed by atoms with Gasteiger partial charge >= 0.3 is 0 Å². The molecular weight excluding hydrogens is 302 g/mol. The van der Waals surface area contributed by atoms with Crippen LogP contribution >= 0.6 is 23.5 Å². The van der Waals surface area contributed by atoms with Crippen molar-refractivity contribution in [1.82, 2.24) is 10.1 Å². The maximum Gasteiger partial charge on any atom is 0.260 e. The van der Waals surface area contributed by atoms with Crippen molar-refractivity contribution in [2.45, 2.75) is 30.8 Å². The molecule has 4 nitrogen and oxygen atoms in total. The Morgan fingerprint density at radius 3 is 2.95 bits per heavy atom. The molecule has 21 heavy (non-hydrogen) atoms. The van der Waals surface area contributed by atoms with E-state index in [4.69, 9.17) is 10.3 Å². The van der Waals surface area contributed by atoms with Gasteiger partial charge in [-0.15, -0.1) is 11.8 Å². The smallest absolute Gasteiger partial charge is 0.260 e. The van der Waals surface area contributed by atoms with Crippen LogP contribution in [0.2, 0.25) is 0 Å². The van der Waals surface area contributed by atoms with Crippen LogP contribution in [-0.4, -0.2) is 26.9 Å². The van der Waals surface area contributed by atoms with Gasteiger partial charge in [0.05, 0.1) is 10.8 Å². The molecule has 6 heteroatoms. The molecule has 1 saturated heterocycles. The standard InChI is InChI=1S/C15H19N3OS2/c1-3-11-13(21-8-7-20-11)14-17-15(19-18-14)10-6-4-5-9(2)12(10)16/h4-6,11,13H,3,7-8,16H2,1-2H3. The van der Waals surface area contributed by atoms with Gasteiger partial charge in [-0.1, -0.05) is 24.2 Å². The average molecular weight is 321 g/mol. The molecule has 1 aromatic heterocycles. The number of aromatic nitrogens is 2. The molecule has 2 atom stereocenters. The molecule has 1 fully saturated rings. The Morgan fingerprint density at radius 1 is 1.33 bits per heavy atom. The van der Waals surface area contributed by atoms with Crippen molar-refractivity contribution in [2.24, 2.45) is 0 Å². The topological polar surface area (TPSA) is 64.9 Å². The molecule has 0 radical (unpaired) electrons. The summed E-state index contributed by atoms with van der Waals surface area (Å²) in [5, 5.41) is 5.09. The second-order valence-corrected chi connectivity index (χ2v) is 7.70. The van der Waals surface area contributed by atoms with Crippen LogP contribution in [0.4, 0.5) is 5.69 Å². The minimum atomic E-state index is 0.317. The Bertz CT molecular complexity index is 629. The van der Waals surface area contributed by atoms with Gasteiger partial charge in [0.2, 0.25) is 0 Å². The first-order valence-electron chi connectivity index (χ1n) is 7.13. The molecule has 1 aliphatic heterocycles. The van der Waals surface area contributed by atoms with Gasteiger partial charge in [-0.2, -0.15) is 16.7 Å². The molecule has 3 rings (SSSR count). The van der Waals surface area contributed by atoms with Crippen LogP contribution in [0.1, 0.15) is 30.0 Å². The van der Waals surface area contributed by atoms with E-state index in [1.165, 1.54) is 5.75 Å². The van der Waals surface area contributed by atoms with Gasteiger partial charge in [0.15, 0.2) is 5.82 Å². The highest BCUT2D eigenvalue weighted by Gasteiger charge is 2.30. The van der Waals surface area contributed by atoms with Crippen molar-refractivity contribution in [3.8, 4) is 11.5 Å². The Morgan fingerprint density at radius 2 is 2.14 bits per heavy atom. The summed E-state index contributed by atoms with van der Waals surface area (Å²) < 4.78 is 5.47. The summed E-state index contributed by atoms with van der Waals surface area (Å²) in [6.07, 6.45) is 1.12. The van der Waals surface area contributed by atoms with E-state index in [0.29, 0.717) is 22.1 Å². The van der Waals surface area contributed by atoms with Crippen molar-refractivity contribution < 1.29 is 4.52 Å². The van der Waals surface area contributed by atoms with Gasteiger partial charge in [-0.25, -0.2) is 0 Å². The fourth-order valence-corrected chi connectivity index (χ4v) is 5.45. The molecule has 2 heterocycles. The van der Waals surface area contributed by atoms with E-state index >= 15 is 0 Å². The summed E-state index contributed by atoms with van der Waals surface area (Å²) in [7, 11) is 0. The van der Waals surface area contributed by atoms with E-state index in [2.05, 4.69) is 17.1 Å². The number of nitrogens with two attached hydrogens (primary N) is 1. The molecule has 0 bridgehead atoms. The number of rotatable bonds is 3. The van der Waals surface area contributed by atoms with E-state index in [9.17, 15) is 0 Å². The summed E-state index contributed by atoms with van der Waals surface area (Å²) >= 11 is 3.94. The van der Waals surface area contributed by atoms with Crippen LogP contribution < -0.4 is 5.73 Å². The van der Waals surface area contributed by atoms with Crippen LogP contribution in [0.5, 0.6) is 0 Å². The summed E-state index contributed by atoms with van der Waals surface area (Å²) in [5.74, 6) is 3.67. The zero-order valence-electron chi connectivity index (χ0n) is 12.2. The number of hydrogen-bond donors (Lipinski definition) is 1. The zero-order chi connectivity index (χ0) is 14.8. The van der Waals surface area contributed by atoms with E-state index in [1.807, 2.05) is 48.6 Å². The molecule has 2 unspecified atom stereocenters. The maximum absolute atomic E-state index is 6.12. The number of benzene rings is 1. The predicted molar refractivity (Wildman–Crippen MR) is 90.6 cm³/mol. The van der Waals surface area contributed by atoms with Gasteiger partial charge in [-0.05, 0) is 25.0 Å². The van der Waals surface area contributed by atoms with Crippen molar-refractivity contribution in [3.63, 3.8) is 0 Å².